The van der Waals surface area contributed by atoms with E-state index in [2.05, 4.69) is 24.1 Å². The highest BCUT2D eigenvalue weighted by Crippen LogP contribution is 2.31. The topological polar surface area (TPSA) is 52.7 Å². The van der Waals surface area contributed by atoms with Crippen molar-refractivity contribution in [2.75, 3.05) is 37.6 Å². The highest BCUT2D eigenvalue weighted by atomic mass is 16.2. The smallest absolute Gasteiger partial charge is 0.251 e. The van der Waals surface area contributed by atoms with E-state index in [0.717, 1.165) is 44.7 Å². The first-order valence-electron chi connectivity index (χ1n) is 8.96. The van der Waals surface area contributed by atoms with E-state index < -0.39 is 0 Å². The molecule has 0 spiro atoms. The minimum atomic E-state index is -0.0184. The maximum atomic E-state index is 12.1. The van der Waals surface area contributed by atoms with Crippen LogP contribution in [0.3, 0.4) is 0 Å². The van der Waals surface area contributed by atoms with Crippen LogP contribution < -0.4 is 10.2 Å². The van der Waals surface area contributed by atoms with Crippen molar-refractivity contribution in [3.05, 3.63) is 29.8 Å². The number of nitrogens with one attached hydrogen (secondary N) is 1. The van der Waals surface area contributed by atoms with Gasteiger partial charge in [0, 0.05) is 49.9 Å². The van der Waals surface area contributed by atoms with Crippen LogP contribution in [0.2, 0.25) is 0 Å². The van der Waals surface area contributed by atoms with Crippen LogP contribution in [0.25, 0.3) is 0 Å². The van der Waals surface area contributed by atoms with Gasteiger partial charge in [0.05, 0.1) is 0 Å². The molecule has 2 aliphatic rings. The van der Waals surface area contributed by atoms with Crippen LogP contribution in [-0.4, -0.2) is 49.4 Å². The standard InChI is InChI=1S/C19H27N3O2/c1-14(2)13-20-18(23)15-5-7-17(8-6-15)21-9-11-22(12-10-21)19(24)16-3-4-16/h5-8,14,16H,3-4,9-13H2,1-2H3,(H,20,23). The molecule has 2 fully saturated rings. The van der Waals surface area contributed by atoms with Gasteiger partial charge in [-0.3, -0.25) is 9.59 Å². The number of nitrogens with zero attached hydrogens (tertiary/aromatic N) is 2. The molecular formula is C19H27N3O2. The summed E-state index contributed by atoms with van der Waals surface area (Å²) < 4.78 is 0. The zero-order valence-electron chi connectivity index (χ0n) is 14.6. The maximum absolute atomic E-state index is 12.1. The normalized spacial score (nSPS) is 18.0. The summed E-state index contributed by atoms with van der Waals surface area (Å²) >= 11 is 0. The van der Waals surface area contributed by atoms with Crippen molar-refractivity contribution in [1.82, 2.24) is 10.2 Å². The Morgan fingerprint density at radius 2 is 1.71 bits per heavy atom. The summed E-state index contributed by atoms with van der Waals surface area (Å²) in [6.45, 7) is 8.16. The van der Waals surface area contributed by atoms with Crippen molar-refractivity contribution >= 4 is 17.5 Å². The van der Waals surface area contributed by atoms with Gasteiger partial charge in [-0.25, -0.2) is 0 Å². The lowest BCUT2D eigenvalue weighted by atomic mass is 10.1. The number of rotatable bonds is 5. The van der Waals surface area contributed by atoms with E-state index >= 15 is 0 Å². The Bertz CT molecular complexity index is 585. The van der Waals surface area contributed by atoms with E-state index in [-0.39, 0.29) is 5.91 Å². The van der Waals surface area contributed by atoms with Crippen molar-refractivity contribution in [3.8, 4) is 0 Å². The first kappa shape index (κ1) is 16.8. The monoisotopic (exact) mass is 329 g/mol. The van der Waals surface area contributed by atoms with Gasteiger partial charge in [0.1, 0.15) is 0 Å². The quantitative estimate of drug-likeness (QED) is 0.900. The zero-order valence-corrected chi connectivity index (χ0v) is 14.6. The van der Waals surface area contributed by atoms with E-state index in [1.807, 2.05) is 29.2 Å². The first-order chi connectivity index (χ1) is 11.5. The third-order valence-electron chi connectivity index (χ3n) is 4.68. The van der Waals surface area contributed by atoms with Crippen molar-refractivity contribution in [1.29, 1.82) is 0 Å². The van der Waals surface area contributed by atoms with Crippen molar-refractivity contribution < 1.29 is 9.59 Å². The molecule has 1 saturated heterocycles. The molecule has 1 aliphatic carbocycles. The third-order valence-corrected chi connectivity index (χ3v) is 4.68. The molecule has 2 amide bonds. The van der Waals surface area contributed by atoms with E-state index in [1.54, 1.807) is 0 Å². The van der Waals surface area contributed by atoms with Gasteiger partial charge in [0.25, 0.3) is 5.91 Å². The van der Waals surface area contributed by atoms with Crippen molar-refractivity contribution in [3.63, 3.8) is 0 Å². The van der Waals surface area contributed by atoms with E-state index in [0.29, 0.717) is 29.9 Å². The lowest BCUT2D eigenvalue weighted by molar-refractivity contribution is -0.132. The largest absolute Gasteiger partial charge is 0.368 e. The second kappa shape index (κ2) is 7.24. The Morgan fingerprint density at radius 1 is 1.08 bits per heavy atom. The lowest BCUT2D eigenvalue weighted by Crippen LogP contribution is -2.49. The number of hydrogen-bond acceptors (Lipinski definition) is 3. The van der Waals surface area contributed by atoms with Crippen molar-refractivity contribution in [2.45, 2.75) is 26.7 Å². The van der Waals surface area contributed by atoms with E-state index in [4.69, 9.17) is 0 Å². The minimum absolute atomic E-state index is 0.0184. The van der Waals surface area contributed by atoms with Crippen LogP contribution in [-0.2, 0) is 4.79 Å². The summed E-state index contributed by atoms with van der Waals surface area (Å²) in [7, 11) is 0. The van der Waals surface area contributed by atoms with Crippen LogP contribution in [0.4, 0.5) is 5.69 Å². The summed E-state index contributed by atoms with van der Waals surface area (Å²) in [5.74, 6) is 1.07. The summed E-state index contributed by atoms with van der Waals surface area (Å²) in [4.78, 5) is 28.4. The fourth-order valence-electron chi connectivity index (χ4n) is 3.00. The Balaban J connectivity index is 1.52. The van der Waals surface area contributed by atoms with Crippen LogP contribution in [0.15, 0.2) is 24.3 Å². The van der Waals surface area contributed by atoms with Crippen LogP contribution in [0.5, 0.6) is 0 Å². The first-order valence-corrected chi connectivity index (χ1v) is 8.96. The predicted molar refractivity (Wildman–Crippen MR) is 95.1 cm³/mol. The molecule has 5 heteroatoms. The van der Waals surface area contributed by atoms with Gasteiger partial charge in [-0.2, -0.15) is 0 Å². The molecule has 3 rings (SSSR count). The van der Waals surface area contributed by atoms with Gasteiger partial charge in [0.15, 0.2) is 0 Å². The number of anilines is 1. The third kappa shape index (κ3) is 4.08. The molecule has 1 N–H and O–H groups in total. The van der Waals surface area contributed by atoms with Gasteiger partial charge >= 0.3 is 0 Å². The van der Waals surface area contributed by atoms with Crippen LogP contribution in [0.1, 0.15) is 37.0 Å². The number of hydrogen-bond donors (Lipinski definition) is 1. The molecule has 0 bridgehead atoms. The Labute approximate surface area is 144 Å². The summed E-state index contributed by atoms with van der Waals surface area (Å²) in [6.07, 6.45) is 2.14. The van der Waals surface area contributed by atoms with E-state index in [9.17, 15) is 9.59 Å². The zero-order chi connectivity index (χ0) is 17.1. The van der Waals surface area contributed by atoms with Gasteiger partial charge < -0.3 is 15.1 Å². The average Bonchev–Trinajstić information content (AvgIpc) is 3.44. The number of piperazine rings is 1. The van der Waals surface area contributed by atoms with Gasteiger partial charge in [-0.05, 0) is 43.0 Å². The lowest BCUT2D eigenvalue weighted by Gasteiger charge is -2.36. The fraction of sp³-hybridized carbons (Fsp3) is 0.579. The molecule has 0 atom stereocenters. The SMILES string of the molecule is CC(C)CNC(=O)c1ccc(N2CCN(C(=O)C3CC3)CC2)cc1. The molecule has 1 saturated carbocycles. The molecular weight excluding hydrogens is 302 g/mol. The Hall–Kier alpha value is -2.04. The van der Waals surface area contributed by atoms with Gasteiger partial charge in [-0.15, -0.1) is 0 Å². The molecule has 130 valence electrons. The molecule has 1 aliphatic heterocycles. The molecule has 0 aromatic heterocycles. The molecule has 24 heavy (non-hydrogen) atoms. The number of benzene rings is 1. The molecule has 0 unspecified atom stereocenters. The van der Waals surface area contributed by atoms with Gasteiger partial charge in [-0.1, -0.05) is 13.8 Å². The Morgan fingerprint density at radius 3 is 2.25 bits per heavy atom. The van der Waals surface area contributed by atoms with Crippen LogP contribution >= 0.6 is 0 Å². The second-order valence-corrected chi connectivity index (χ2v) is 7.24. The molecule has 5 nitrogen and oxygen atoms in total. The highest BCUT2D eigenvalue weighted by Gasteiger charge is 2.34. The summed E-state index contributed by atoms with van der Waals surface area (Å²) in [6, 6.07) is 7.77. The summed E-state index contributed by atoms with van der Waals surface area (Å²) in [5, 5.41) is 2.94. The number of carbonyl (C=O) groups is 2. The number of amides is 2. The Kier molecular flexibility index (Phi) is 5.07. The predicted octanol–water partition coefficient (Wildman–Crippen LogP) is 2.13. The second-order valence-electron chi connectivity index (χ2n) is 7.24. The van der Waals surface area contributed by atoms with E-state index in [1.165, 1.54) is 0 Å². The molecule has 1 aromatic carbocycles. The highest BCUT2D eigenvalue weighted by molar-refractivity contribution is 5.94. The van der Waals surface area contributed by atoms with Crippen molar-refractivity contribution in [2.24, 2.45) is 11.8 Å². The number of carbonyl (C=O) groups excluding carboxylic acids is 2. The minimum Gasteiger partial charge on any atom is -0.368 e. The van der Waals surface area contributed by atoms with Crippen LogP contribution in [0, 0.1) is 11.8 Å². The maximum Gasteiger partial charge on any atom is 0.251 e. The molecule has 0 radical (unpaired) electrons. The average molecular weight is 329 g/mol. The summed E-state index contributed by atoms with van der Waals surface area (Å²) in [5.41, 5.74) is 1.82. The molecule has 1 aromatic rings. The van der Waals surface area contributed by atoms with Gasteiger partial charge in [0.2, 0.25) is 5.91 Å². The molecule has 1 heterocycles. The fourth-order valence-corrected chi connectivity index (χ4v) is 3.00.